The Morgan fingerprint density at radius 2 is 1.96 bits per heavy atom. The van der Waals surface area contributed by atoms with E-state index >= 15 is 0 Å². The van der Waals surface area contributed by atoms with Crippen molar-refractivity contribution in [1.29, 1.82) is 0 Å². The number of nitro groups is 1. The number of rotatable bonds is 6. The van der Waals surface area contributed by atoms with Crippen LogP contribution in [0.25, 0.3) is 0 Å². The van der Waals surface area contributed by atoms with E-state index in [4.69, 9.17) is 11.6 Å². The van der Waals surface area contributed by atoms with Gasteiger partial charge >= 0.3 is 0 Å². The van der Waals surface area contributed by atoms with Crippen LogP contribution in [0.4, 0.5) is 11.4 Å². The third-order valence-electron chi connectivity index (χ3n) is 3.80. The predicted molar refractivity (Wildman–Crippen MR) is 102 cm³/mol. The Morgan fingerprint density at radius 3 is 2.56 bits per heavy atom. The monoisotopic (exact) mass is 425 g/mol. The zero-order chi connectivity index (χ0) is 18.6. The average Bonchev–Trinajstić information content (AvgIpc) is 2.57. The molecule has 25 heavy (non-hydrogen) atoms. The van der Waals surface area contributed by atoms with Crippen molar-refractivity contribution in [2.45, 2.75) is 19.5 Å². The van der Waals surface area contributed by atoms with E-state index in [-0.39, 0.29) is 22.3 Å². The third kappa shape index (κ3) is 5.26. The highest BCUT2D eigenvalue weighted by Crippen LogP contribution is 2.27. The molecule has 2 aromatic carbocycles. The zero-order valence-corrected chi connectivity index (χ0v) is 16.0. The van der Waals surface area contributed by atoms with Gasteiger partial charge in [-0.1, -0.05) is 39.7 Å². The summed E-state index contributed by atoms with van der Waals surface area (Å²) >= 11 is 9.40. The Kier molecular flexibility index (Phi) is 6.52. The number of carbonyl (C=O) groups excluding carboxylic acids is 1. The number of halogens is 2. The second-order valence-electron chi connectivity index (χ2n) is 5.63. The molecule has 0 aromatic heterocycles. The van der Waals surface area contributed by atoms with Crippen molar-refractivity contribution in [3.05, 3.63) is 67.6 Å². The summed E-state index contributed by atoms with van der Waals surface area (Å²) in [5, 5.41) is 13.8. The molecule has 2 aromatic rings. The molecule has 0 saturated heterocycles. The van der Waals surface area contributed by atoms with E-state index in [2.05, 4.69) is 21.2 Å². The second-order valence-corrected chi connectivity index (χ2v) is 6.95. The van der Waals surface area contributed by atoms with E-state index < -0.39 is 11.0 Å². The van der Waals surface area contributed by atoms with Gasteiger partial charge < -0.3 is 5.32 Å². The SMILES string of the molecule is CC(C(=O)Nc1cc([N+](=O)[O-])ccc1Cl)N(C)Cc1ccc(Br)cc1. The molecule has 0 heterocycles. The molecule has 0 bridgehead atoms. The highest BCUT2D eigenvalue weighted by atomic mass is 79.9. The summed E-state index contributed by atoms with van der Waals surface area (Å²) in [7, 11) is 1.83. The Morgan fingerprint density at radius 1 is 1.32 bits per heavy atom. The van der Waals surface area contributed by atoms with Crippen LogP contribution in [0.3, 0.4) is 0 Å². The van der Waals surface area contributed by atoms with Gasteiger partial charge in [-0.15, -0.1) is 0 Å². The Bertz CT molecular complexity index is 783. The molecular formula is C17H17BrClN3O3. The smallest absolute Gasteiger partial charge is 0.271 e. The molecule has 8 heteroatoms. The number of likely N-dealkylation sites (N-methyl/N-ethyl adjacent to an activating group) is 1. The molecule has 6 nitrogen and oxygen atoms in total. The van der Waals surface area contributed by atoms with E-state index in [0.29, 0.717) is 6.54 Å². The number of hydrogen-bond acceptors (Lipinski definition) is 4. The predicted octanol–water partition coefficient (Wildman–Crippen LogP) is 4.47. The lowest BCUT2D eigenvalue weighted by atomic mass is 10.2. The number of carbonyl (C=O) groups is 1. The lowest BCUT2D eigenvalue weighted by molar-refractivity contribution is -0.384. The van der Waals surface area contributed by atoms with Crippen molar-refractivity contribution >= 4 is 44.8 Å². The molecule has 0 fully saturated rings. The first-order valence-corrected chi connectivity index (χ1v) is 8.64. The van der Waals surface area contributed by atoms with Gasteiger partial charge in [-0.05, 0) is 37.7 Å². The van der Waals surface area contributed by atoms with Crippen LogP contribution in [0, 0.1) is 10.1 Å². The first kappa shape index (κ1) is 19.4. The minimum Gasteiger partial charge on any atom is -0.323 e. The quantitative estimate of drug-likeness (QED) is 0.546. The summed E-state index contributed by atoms with van der Waals surface area (Å²) in [6.45, 7) is 2.35. The van der Waals surface area contributed by atoms with E-state index in [1.54, 1.807) is 6.92 Å². The number of anilines is 1. The van der Waals surface area contributed by atoms with Crippen molar-refractivity contribution in [1.82, 2.24) is 4.90 Å². The molecule has 0 radical (unpaired) electrons. The first-order chi connectivity index (χ1) is 11.8. The summed E-state index contributed by atoms with van der Waals surface area (Å²) in [6, 6.07) is 11.3. The third-order valence-corrected chi connectivity index (χ3v) is 4.66. The number of non-ortho nitro benzene ring substituents is 1. The molecule has 0 aliphatic carbocycles. The van der Waals surface area contributed by atoms with E-state index in [1.807, 2.05) is 36.2 Å². The molecule has 1 amide bonds. The number of nitrogens with one attached hydrogen (secondary N) is 1. The Balaban J connectivity index is 2.05. The second kappa shape index (κ2) is 8.42. The number of hydrogen-bond donors (Lipinski definition) is 1. The van der Waals surface area contributed by atoms with Gasteiger partial charge in [0.05, 0.1) is 21.7 Å². The van der Waals surface area contributed by atoms with E-state index in [0.717, 1.165) is 10.0 Å². The largest absolute Gasteiger partial charge is 0.323 e. The molecule has 1 atom stereocenters. The number of nitrogens with zero attached hydrogens (tertiary/aromatic N) is 2. The van der Waals surface area contributed by atoms with Gasteiger partial charge in [-0.3, -0.25) is 19.8 Å². The van der Waals surface area contributed by atoms with Crippen LogP contribution >= 0.6 is 27.5 Å². The maximum absolute atomic E-state index is 12.4. The number of amides is 1. The minimum atomic E-state index is -0.533. The molecule has 1 unspecified atom stereocenters. The molecule has 0 spiro atoms. The molecule has 1 N–H and O–H groups in total. The number of benzene rings is 2. The maximum Gasteiger partial charge on any atom is 0.271 e. The van der Waals surface area contributed by atoms with Gasteiger partial charge in [0.15, 0.2) is 0 Å². The summed E-state index contributed by atoms with van der Waals surface area (Å²) in [5.74, 6) is -0.290. The van der Waals surface area contributed by atoms with Gasteiger partial charge in [0, 0.05) is 23.2 Å². The van der Waals surface area contributed by atoms with Crippen molar-refractivity contribution in [3.63, 3.8) is 0 Å². The van der Waals surface area contributed by atoms with Crippen molar-refractivity contribution in [2.24, 2.45) is 0 Å². The maximum atomic E-state index is 12.4. The fraction of sp³-hybridized carbons (Fsp3) is 0.235. The van der Waals surface area contributed by atoms with Crippen LogP contribution in [0.1, 0.15) is 12.5 Å². The van der Waals surface area contributed by atoms with Crippen LogP contribution in [-0.4, -0.2) is 28.8 Å². The molecule has 2 rings (SSSR count). The highest BCUT2D eigenvalue weighted by molar-refractivity contribution is 9.10. The lowest BCUT2D eigenvalue weighted by Crippen LogP contribution is -2.39. The van der Waals surface area contributed by atoms with E-state index in [1.165, 1.54) is 18.2 Å². The summed E-state index contributed by atoms with van der Waals surface area (Å²) in [6.07, 6.45) is 0. The molecule has 132 valence electrons. The van der Waals surface area contributed by atoms with Crippen LogP contribution < -0.4 is 5.32 Å². The Hall–Kier alpha value is -1.96. The summed E-state index contributed by atoms with van der Waals surface area (Å²) in [5.41, 5.74) is 1.17. The van der Waals surface area contributed by atoms with Crippen LogP contribution in [0.2, 0.25) is 5.02 Å². The van der Waals surface area contributed by atoms with Gasteiger partial charge in [0.2, 0.25) is 5.91 Å². The van der Waals surface area contributed by atoms with Crippen LogP contribution in [-0.2, 0) is 11.3 Å². The van der Waals surface area contributed by atoms with Crippen molar-refractivity contribution in [2.75, 3.05) is 12.4 Å². The zero-order valence-electron chi connectivity index (χ0n) is 13.7. The van der Waals surface area contributed by atoms with Gasteiger partial charge in [-0.25, -0.2) is 0 Å². The fourth-order valence-electron chi connectivity index (χ4n) is 2.17. The fourth-order valence-corrected chi connectivity index (χ4v) is 2.60. The molecule has 0 saturated carbocycles. The van der Waals surface area contributed by atoms with Crippen LogP contribution in [0.15, 0.2) is 46.9 Å². The van der Waals surface area contributed by atoms with Crippen LogP contribution in [0.5, 0.6) is 0 Å². The van der Waals surface area contributed by atoms with Crippen molar-refractivity contribution < 1.29 is 9.72 Å². The molecule has 0 aliphatic heterocycles. The molecular weight excluding hydrogens is 410 g/mol. The van der Waals surface area contributed by atoms with Gasteiger partial charge in [0.1, 0.15) is 0 Å². The van der Waals surface area contributed by atoms with Gasteiger partial charge in [0.25, 0.3) is 5.69 Å². The number of nitro benzene ring substituents is 1. The standard InChI is InChI=1S/C17H17BrClN3O3/c1-11(21(2)10-12-3-5-13(18)6-4-12)17(23)20-16-9-14(22(24)25)7-8-15(16)19/h3-9,11H,10H2,1-2H3,(H,20,23). The lowest BCUT2D eigenvalue weighted by Gasteiger charge is -2.24. The average molecular weight is 427 g/mol. The Labute approximate surface area is 159 Å². The van der Waals surface area contributed by atoms with Gasteiger partial charge in [-0.2, -0.15) is 0 Å². The normalized spacial score (nSPS) is 12.0. The topological polar surface area (TPSA) is 75.5 Å². The molecule has 0 aliphatic rings. The van der Waals surface area contributed by atoms with Crippen molar-refractivity contribution in [3.8, 4) is 0 Å². The summed E-state index contributed by atoms with van der Waals surface area (Å²) in [4.78, 5) is 24.6. The first-order valence-electron chi connectivity index (χ1n) is 7.47. The van der Waals surface area contributed by atoms with E-state index in [9.17, 15) is 14.9 Å². The highest BCUT2D eigenvalue weighted by Gasteiger charge is 2.20. The summed E-state index contributed by atoms with van der Waals surface area (Å²) < 4.78 is 0.991. The minimum absolute atomic E-state index is 0.129.